The van der Waals surface area contributed by atoms with E-state index in [1.54, 1.807) is 40.1 Å². The van der Waals surface area contributed by atoms with Crippen molar-refractivity contribution < 1.29 is 19.1 Å². The molecular formula is C24H20ClN3O4S. The topological polar surface area (TPSA) is 79.0 Å². The summed E-state index contributed by atoms with van der Waals surface area (Å²) in [6, 6.07) is 16.4. The number of amides is 3. The van der Waals surface area contributed by atoms with E-state index in [2.05, 4.69) is 5.32 Å². The summed E-state index contributed by atoms with van der Waals surface area (Å²) in [5, 5.41) is 2.91. The third-order valence-electron chi connectivity index (χ3n) is 5.70. The Morgan fingerprint density at radius 3 is 2.64 bits per heavy atom. The van der Waals surface area contributed by atoms with Gasteiger partial charge in [-0.05, 0) is 42.0 Å². The number of morpholine rings is 1. The average molecular weight is 482 g/mol. The van der Waals surface area contributed by atoms with Crippen molar-refractivity contribution in [3.05, 3.63) is 80.5 Å². The first-order valence-electron chi connectivity index (χ1n) is 10.4. The predicted octanol–water partition coefficient (Wildman–Crippen LogP) is 4.17. The first kappa shape index (κ1) is 21.6. The number of hydrogen-bond donors (Lipinski definition) is 1. The Labute approximate surface area is 199 Å². The zero-order valence-corrected chi connectivity index (χ0v) is 19.1. The van der Waals surface area contributed by atoms with Gasteiger partial charge in [0.2, 0.25) is 0 Å². The smallest absolute Gasteiger partial charge is 0.265 e. The van der Waals surface area contributed by atoms with E-state index >= 15 is 0 Å². The largest absolute Gasteiger partial charge is 0.370 e. The number of rotatable bonds is 5. The summed E-state index contributed by atoms with van der Waals surface area (Å²) < 4.78 is 5.73. The highest BCUT2D eigenvalue weighted by Crippen LogP contribution is 2.32. The number of carbonyl (C=O) groups is 3. The van der Waals surface area contributed by atoms with Crippen molar-refractivity contribution in [2.45, 2.75) is 13.1 Å². The number of benzene rings is 2. The molecule has 2 aliphatic heterocycles. The van der Waals surface area contributed by atoms with Crippen LogP contribution in [0.3, 0.4) is 0 Å². The maximum absolute atomic E-state index is 13.0. The average Bonchev–Trinajstić information content (AvgIpc) is 3.39. The van der Waals surface area contributed by atoms with Gasteiger partial charge in [-0.25, -0.2) is 0 Å². The molecule has 1 aromatic heterocycles. The minimum Gasteiger partial charge on any atom is -0.370 e. The maximum Gasteiger partial charge on any atom is 0.265 e. The van der Waals surface area contributed by atoms with Gasteiger partial charge in [-0.1, -0.05) is 29.8 Å². The zero-order valence-electron chi connectivity index (χ0n) is 17.5. The summed E-state index contributed by atoms with van der Waals surface area (Å²) in [4.78, 5) is 41.6. The molecule has 3 amide bonds. The van der Waals surface area contributed by atoms with E-state index in [9.17, 15) is 14.4 Å². The molecule has 0 unspecified atom stereocenters. The van der Waals surface area contributed by atoms with Gasteiger partial charge in [-0.3, -0.25) is 14.4 Å². The molecule has 33 heavy (non-hydrogen) atoms. The normalized spacial score (nSPS) is 15.7. The fourth-order valence-corrected chi connectivity index (χ4v) is 4.99. The molecular weight excluding hydrogens is 462 g/mol. The summed E-state index contributed by atoms with van der Waals surface area (Å²) in [5.41, 5.74) is 3.79. The number of ether oxygens (including phenoxy) is 1. The lowest BCUT2D eigenvalue weighted by Gasteiger charge is -2.27. The second-order valence-corrected chi connectivity index (χ2v) is 9.53. The van der Waals surface area contributed by atoms with Crippen molar-refractivity contribution in [2.75, 3.05) is 30.0 Å². The van der Waals surface area contributed by atoms with Gasteiger partial charge < -0.3 is 19.9 Å². The van der Waals surface area contributed by atoms with Crippen LogP contribution >= 0.6 is 22.9 Å². The highest BCUT2D eigenvalue weighted by molar-refractivity contribution is 7.18. The Morgan fingerprint density at radius 1 is 1.09 bits per heavy atom. The van der Waals surface area contributed by atoms with Gasteiger partial charge >= 0.3 is 0 Å². The van der Waals surface area contributed by atoms with Gasteiger partial charge in [-0.15, -0.1) is 11.3 Å². The molecule has 3 heterocycles. The number of nitrogens with zero attached hydrogens (tertiary/aromatic N) is 2. The van der Waals surface area contributed by atoms with Crippen molar-refractivity contribution in [1.82, 2.24) is 4.90 Å². The van der Waals surface area contributed by atoms with E-state index < -0.39 is 0 Å². The van der Waals surface area contributed by atoms with E-state index in [1.165, 1.54) is 11.3 Å². The van der Waals surface area contributed by atoms with Gasteiger partial charge in [0.15, 0.2) is 0 Å². The highest BCUT2D eigenvalue weighted by Gasteiger charge is 2.30. The molecule has 7 nitrogen and oxygen atoms in total. The molecule has 1 fully saturated rings. The van der Waals surface area contributed by atoms with Crippen LogP contribution < -0.4 is 10.2 Å². The highest BCUT2D eigenvalue weighted by atomic mass is 35.5. The van der Waals surface area contributed by atoms with E-state index in [1.807, 2.05) is 24.3 Å². The Morgan fingerprint density at radius 2 is 1.91 bits per heavy atom. The van der Waals surface area contributed by atoms with Crippen LogP contribution in [-0.4, -0.2) is 42.4 Å². The predicted molar refractivity (Wildman–Crippen MR) is 127 cm³/mol. The first-order valence-corrected chi connectivity index (χ1v) is 11.6. The molecule has 9 heteroatoms. The molecule has 5 rings (SSSR count). The van der Waals surface area contributed by atoms with Crippen LogP contribution in [0.2, 0.25) is 4.34 Å². The summed E-state index contributed by atoms with van der Waals surface area (Å²) in [5.74, 6) is -0.384. The van der Waals surface area contributed by atoms with Gasteiger partial charge in [0.25, 0.3) is 17.7 Å². The van der Waals surface area contributed by atoms with E-state index in [-0.39, 0.29) is 24.3 Å². The minimum absolute atomic E-state index is 0.0569. The van der Waals surface area contributed by atoms with Gasteiger partial charge in [0.05, 0.1) is 15.8 Å². The first-order chi connectivity index (χ1) is 16.0. The Bertz CT molecular complexity index is 1240. The standard InChI is InChI=1S/C24H20ClN3O4S/c25-21-9-8-20(33-21)23(30)26-19-3-1-2-17-18(19)13-27(24(17)31)12-15-4-6-16(7-5-15)28-10-11-32-14-22(28)29/h1-9H,10-14H2,(H,26,30). The third kappa shape index (κ3) is 4.37. The zero-order chi connectivity index (χ0) is 22.9. The fourth-order valence-electron chi connectivity index (χ4n) is 4.05. The van der Waals surface area contributed by atoms with E-state index in [0.29, 0.717) is 46.7 Å². The van der Waals surface area contributed by atoms with Gasteiger partial charge in [0.1, 0.15) is 6.61 Å². The lowest BCUT2D eigenvalue weighted by molar-refractivity contribution is -0.125. The molecule has 0 bridgehead atoms. The van der Waals surface area contributed by atoms with E-state index in [0.717, 1.165) is 16.8 Å². The fraction of sp³-hybridized carbons (Fsp3) is 0.208. The number of anilines is 2. The Balaban J connectivity index is 1.29. The monoisotopic (exact) mass is 481 g/mol. The number of nitrogens with one attached hydrogen (secondary N) is 1. The number of halogens is 1. The van der Waals surface area contributed by atoms with Crippen molar-refractivity contribution in [3.63, 3.8) is 0 Å². The van der Waals surface area contributed by atoms with Crippen LogP contribution in [0, 0.1) is 0 Å². The number of carbonyl (C=O) groups excluding carboxylic acids is 3. The van der Waals surface area contributed by atoms with Crippen molar-refractivity contribution in [3.8, 4) is 0 Å². The molecule has 0 radical (unpaired) electrons. The van der Waals surface area contributed by atoms with Crippen LogP contribution in [0.25, 0.3) is 0 Å². The number of thiophene rings is 1. The Kier molecular flexibility index (Phi) is 5.88. The van der Waals surface area contributed by atoms with Crippen LogP contribution in [0.4, 0.5) is 11.4 Å². The summed E-state index contributed by atoms with van der Waals surface area (Å²) in [7, 11) is 0. The van der Waals surface area contributed by atoms with Gasteiger partial charge in [-0.2, -0.15) is 0 Å². The number of hydrogen-bond acceptors (Lipinski definition) is 5. The number of fused-ring (bicyclic) bond motifs is 1. The third-order valence-corrected chi connectivity index (χ3v) is 6.93. The van der Waals surface area contributed by atoms with Crippen LogP contribution in [0.5, 0.6) is 0 Å². The molecule has 2 aliphatic rings. The lowest BCUT2D eigenvalue weighted by Crippen LogP contribution is -2.41. The minimum atomic E-state index is -0.251. The van der Waals surface area contributed by atoms with Crippen LogP contribution in [0.15, 0.2) is 54.6 Å². The second kappa shape index (κ2) is 8.97. The maximum atomic E-state index is 13.0. The van der Waals surface area contributed by atoms with Crippen molar-refractivity contribution >= 4 is 52.0 Å². The molecule has 2 aromatic carbocycles. The Hall–Kier alpha value is -3.20. The molecule has 1 N–H and O–H groups in total. The summed E-state index contributed by atoms with van der Waals surface area (Å²) in [6.07, 6.45) is 0. The lowest BCUT2D eigenvalue weighted by atomic mass is 10.1. The second-order valence-electron chi connectivity index (χ2n) is 7.82. The van der Waals surface area contributed by atoms with Gasteiger partial charge in [0, 0.05) is 42.1 Å². The molecule has 0 aliphatic carbocycles. The van der Waals surface area contributed by atoms with Crippen LogP contribution in [-0.2, 0) is 22.6 Å². The molecule has 0 saturated carbocycles. The van der Waals surface area contributed by atoms with Crippen molar-refractivity contribution in [2.24, 2.45) is 0 Å². The summed E-state index contributed by atoms with van der Waals surface area (Å²) >= 11 is 7.15. The SMILES string of the molecule is O=C(Nc1cccc2c1CN(Cc1ccc(N3CCOCC3=O)cc1)C2=O)c1ccc(Cl)s1. The molecule has 0 spiro atoms. The molecule has 0 atom stereocenters. The molecule has 3 aromatic rings. The van der Waals surface area contributed by atoms with E-state index in [4.69, 9.17) is 16.3 Å². The quantitative estimate of drug-likeness (QED) is 0.593. The molecule has 168 valence electrons. The summed E-state index contributed by atoms with van der Waals surface area (Å²) in [6.45, 7) is 1.98. The molecule has 1 saturated heterocycles. The van der Waals surface area contributed by atoms with Crippen molar-refractivity contribution in [1.29, 1.82) is 0 Å². The van der Waals surface area contributed by atoms with Crippen LogP contribution in [0.1, 0.15) is 31.2 Å².